The Morgan fingerprint density at radius 3 is 2.23 bits per heavy atom. The Balaban J connectivity index is 2.05. The molecular formula is C23H25N3+2. The second kappa shape index (κ2) is 6.10. The van der Waals surface area contributed by atoms with E-state index in [1.807, 2.05) is 0 Å². The lowest BCUT2D eigenvalue weighted by Gasteiger charge is -2.10. The van der Waals surface area contributed by atoms with Gasteiger partial charge in [0.15, 0.2) is 11.9 Å². The number of aromatic nitrogens is 3. The van der Waals surface area contributed by atoms with Crippen LogP contribution in [-0.2, 0) is 7.05 Å². The minimum Gasteiger partial charge on any atom is -0.164 e. The van der Waals surface area contributed by atoms with Crippen LogP contribution in [-0.4, -0.2) is 4.68 Å². The number of hydrogen-bond donors (Lipinski definition) is 0. The van der Waals surface area contributed by atoms with Crippen LogP contribution in [0.25, 0.3) is 22.3 Å². The number of fused-ring (bicyclic) bond motifs is 1. The summed E-state index contributed by atoms with van der Waals surface area (Å²) in [5, 5.41) is 1.25. The van der Waals surface area contributed by atoms with Gasteiger partial charge in [-0.05, 0) is 39.0 Å². The Bertz CT molecular complexity index is 1140. The van der Waals surface area contributed by atoms with Gasteiger partial charge < -0.3 is 0 Å². The van der Waals surface area contributed by atoms with Crippen LogP contribution in [0.2, 0.25) is 0 Å². The summed E-state index contributed by atoms with van der Waals surface area (Å²) in [5.74, 6) is 0. The number of para-hydroxylation sites is 1. The fraction of sp³-hybridized carbons (Fsp3) is 0.217. The molecule has 0 atom stereocenters. The van der Waals surface area contributed by atoms with E-state index in [0.29, 0.717) is 0 Å². The van der Waals surface area contributed by atoms with Gasteiger partial charge in [0, 0.05) is 30.2 Å². The minimum absolute atomic E-state index is 1.23. The molecule has 130 valence electrons. The molecule has 2 heterocycles. The Morgan fingerprint density at radius 1 is 0.808 bits per heavy atom. The molecule has 3 nitrogen and oxygen atoms in total. The molecule has 3 heteroatoms. The van der Waals surface area contributed by atoms with Crippen molar-refractivity contribution in [3.8, 4) is 11.4 Å². The van der Waals surface area contributed by atoms with E-state index in [-0.39, 0.29) is 0 Å². The number of aryl methyl sites for hydroxylation is 4. The Morgan fingerprint density at radius 2 is 1.50 bits per heavy atom. The summed E-state index contributed by atoms with van der Waals surface area (Å²) in [6, 6.07) is 17.2. The highest BCUT2D eigenvalue weighted by molar-refractivity contribution is 5.77. The summed E-state index contributed by atoms with van der Waals surface area (Å²) in [4.78, 5) is 0. The van der Waals surface area contributed by atoms with Crippen LogP contribution >= 0.6 is 0 Å². The zero-order valence-corrected chi connectivity index (χ0v) is 16.1. The maximum atomic E-state index is 2.29. The van der Waals surface area contributed by atoms with Crippen molar-refractivity contribution in [1.29, 1.82) is 0 Å². The van der Waals surface area contributed by atoms with Crippen molar-refractivity contribution < 1.29 is 9.25 Å². The second-order valence-electron chi connectivity index (χ2n) is 7.10. The van der Waals surface area contributed by atoms with Crippen LogP contribution in [0.5, 0.6) is 0 Å². The van der Waals surface area contributed by atoms with Gasteiger partial charge in [-0.15, -0.1) is 0 Å². The van der Waals surface area contributed by atoms with Gasteiger partial charge in [0.25, 0.3) is 0 Å². The van der Waals surface area contributed by atoms with E-state index in [1.165, 1.54) is 44.7 Å². The highest BCUT2D eigenvalue weighted by Gasteiger charge is 2.28. The van der Waals surface area contributed by atoms with E-state index in [0.717, 1.165) is 0 Å². The lowest BCUT2D eigenvalue weighted by molar-refractivity contribution is -0.681. The minimum atomic E-state index is 1.23. The summed E-state index contributed by atoms with van der Waals surface area (Å²) in [6.45, 7) is 8.79. The topological polar surface area (TPSA) is 12.7 Å². The maximum absolute atomic E-state index is 2.29. The third-order valence-corrected chi connectivity index (χ3v) is 5.29. The molecule has 0 aliphatic carbocycles. The molecule has 0 saturated carbocycles. The molecule has 0 amide bonds. The highest BCUT2D eigenvalue weighted by atomic mass is 15.4. The largest absolute Gasteiger partial charge is 0.248 e. The predicted octanol–water partition coefficient (Wildman–Crippen LogP) is 3.97. The van der Waals surface area contributed by atoms with Gasteiger partial charge in [-0.3, -0.25) is 0 Å². The van der Waals surface area contributed by atoms with Gasteiger partial charge in [0.1, 0.15) is 5.52 Å². The summed E-state index contributed by atoms with van der Waals surface area (Å²) >= 11 is 0. The quantitative estimate of drug-likeness (QED) is 0.489. The standard InChI is InChI=1S/C23H25N3/c1-16-14-17(2)23(19(4)22(16)25-13-9-8-10-18(25)3)26-15-20-11-6-7-12-21(20)24(26)5/h6-15H,1-5H3/q+2. The number of hydrogen-bond acceptors (Lipinski definition) is 0. The van der Waals surface area contributed by atoms with Crippen LogP contribution in [0.1, 0.15) is 22.4 Å². The molecule has 2 aromatic heterocycles. The first-order chi connectivity index (χ1) is 12.5. The summed E-state index contributed by atoms with van der Waals surface area (Å²) in [6.07, 6.45) is 4.38. The third-order valence-electron chi connectivity index (χ3n) is 5.29. The number of rotatable bonds is 2. The fourth-order valence-electron chi connectivity index (χ4n) is 4.11. The van der Waals surface area contributed by atoms with Crippen LogP contribution < -0.4 is 9.25 Å². The maximum Gasteiger partial charge on any atom is 0.248 e. The third kappa shape index (κ3) is 2.43. The molecule has 0 spiro atoms. The van der Waals surface area contributed by atoms with Crippen molar-refractivity contribution in [2.75, 3.05) is 0 Å². The normalized spacial score (nSPS) is 11.3. The van der Waals surface area contributed by atoms with Crippen molar-refractivity contribution in [3.05, 3.63) is 83.3 Å². The molecule has 0 bridgehead atoms. The first kappa shape index (κ1) is 16.5. The molecule has 0 radical (unpaired) electrons. The van der Waals surface area contributed by atoms with Gasteiger partial charge in [-0.1, -0.05) is 22.9 Å². The van der Waals surface area contributed by atoms with Crippen LogP contribution in [0.3, 0.4) is 0 Å². The van der Waals surface area contributed by atoms with Gasteiger partial charge in [0.2, 0.25) is 17.6 Å². The average molecular weight is 343 g/mol. The second-order valence-corrected chi connectivity index (χ2v) is 7.10. The predicted molar refractivity (Wildman–Crippen MR) is 105 cm³/mol. The summed E-state index contributed by atoms with van der Waals surface area (Å²) in [5.41, 5.74) is 8.85. The fourth-order valence-corrected chi connectivity index (χ4v) is 4.11. The zero-order valence-electron chi connectivity index (χ0n) is 16.1. The monoisotopic (exact) mass is 343 g/mol. The zero-order chi connectivity index (χ0) is 18.4. The molecule has 4 rings (SSSR count). The summed E-state index contributed by atoms with van der Waals surface area (Å²) in [7, 11) is 2.13. The smallest absolute Gasteiger partial charge is 0.164 e. The lowest BCUT2D eigenvalue weighted by atomic mass is 10.0. The van der Waals surface area contributed by atoms with E-state index in [1.54, 1.807) is 0 Å². The van der Waals surface area contributed by atoms with E-state index < -0.39 is 0 Å². The highest BCUT2D eigenvalue weighted by Crippen LogP contribution is 2.24. The first-order valence-corrected chi connectivity index (χ1v) is 9.04. The molecule has 0 saturated heterocycles. The Labute approximate surface area is 154 Å². The molecular weight excluding hydrogens is 318 g/mol. The van der Waals surface area contributed by atoms with Crippen molar-refractivity contribution in [1.82, 2.24) is 4.68 Å². The number of nitrogens with zero attached hydrogens (tertiary/aromatic N) is 3. The molecule has 4 aromatic rings. The van der Waals surface area contributed by atoms with E-state index >= 15 is 0 Å². The van der Waals surface area contributed by atoms with Crippen molar-refractivity contribution in [3.63, 3.8) is 0 Å². The van der Waals surface area contributed by atoms with Gasteiger partial charge in [-0.2, -0.15) is 9.25 Å². The SMILES string of the molecule is Cc1cc(C)c(-[n+]2cc3ccccc3n2C)c(C)c1-[n+]1ccccc1C. The van der Waals surface area contributed by atoms with E-state index in [4.69, 9.17) is 0 Å². The molecule has 2 aromatic carbocycles. The first-order valence-electron chi connectivity index (χ1n) is 9.04. The summed E-state index contributed by atoms with van der Waals surface area (Å²) < 4.78 is 6.79. The van der Waals surface area contributed by atoms with Gasteiger partial charge in [0.05, 0.1) is 18.0 Å². The lowest BCUT2D eigenvalue weighted by Crippen LogP contribution is -2.42. The van der Waals surface area contributed by atoms with E-state index in [9.17, 15) is 0 Å². The number of benzene rings is 2. The van der Waals surface area contributed by atoms with Crippen molar-refractivity contribution >= 4 is 10.9 Å². The molecule has 0 aliphatic rings. The average Bonchev–Trinajstić information content (AvgIpc) is 2.93. The molecule has 0 aliphatic heterocycles. The van der Waals surface area contributed by atoms with Crippen LogP contribution in [0.4, 0.5) is 0 Å². The van der Waals surface area contributed by atoms with E-state index in [2.05, 4.69) is 110 Å². The Kier molecular flexibility index (Phi) is 3.87. The Hall–Kier alpha value is -2.94. The van der Waals surface area contributed by atoms with Crippen LogP contribution in [0.15, 0.2) is 60.9 Å². The molecule has 26 heavy (non-hydrogen) atoms. The molecule has 0 fully saturated rings. The molecule has 0 unspecified atom stereocenters. The van der Waals surface area contributed by atoms with Crippen molar-refractivity contribution in [2.45, 2.75) is 27.7 Å². The van der Waals surface area contributed by atoms with Gasteiger partial charge >= 0.3 is 0 Å². The number of pyridine rings is 1. The van der Waals surface area contributed by atoms with Gasteiger partial charge in [-0.25, -0.2) is 0 Å². The van der Waals surface area contributed by atoms with Crippen LogP contribution in [0, 0.1) is 27.7 Å². The van der Waals surface area contributed by atoms with Crippen molar-refractivity contribution in [2.24, 2.45) is 7.05 Å². The molecule has 0 N–H and O–H groups in total.